The maximum atomic E-state index is 12.6. The molecule has 1 aliphatic heterocycles. The molecule has 3 heterocycles. The molecular formula is C20H27N5O2. The highest BCUT2D eigenvalue weighted by Gasteiger charge is 2.25. The molecule has 0 spiro atoms. The van der Waals surface area contributed by atoms with Crippen molar-refractivity contribution in [2.75, 3.05) is 13.1 Å². The van der Waals surface area contributed by atoms with Crippen LogP contribution in [0, 0.1) is 6.92 Å². The monoisotopic (exact) mass is 369 g/mol. The first-order valence-electron chi connectivity index (χ1n) is 9.85. The molecule has 2 aromatic rings. The molecule has 1 fully saturated rings. The number of aryl methyl sites for hydroxylation is 1. The molecule has 7 heteroatoms. The number of pyridine rings is 1. The summed E-state index contributed by atoms with van der Waals surface area (Å²) >= 11 is 0. The van der Waals surface area contributed by atoms with E-state index < -0.39 is 0 Å². The van der Waals surface area contributed by atoms with Crippen LogP contribution < -0.4 is 15.4 Å². The quantitative estimate of drug-likeness (QED) is 0.860. The largest absolute Gasteiger partial charge is 0.489 e. The Kier molecular flexibility index (Phi) is 5.38. The third-order valence-electron chi connectivity index (χ3n) is 5.41. The number of rotatable bonds is 4. The molecule has 4 rings (SSSR count). The fourth-order valence-corrected chi connectivity index (χ4v) is 3.84. The summed E-state index contributed by atoms with van der Waals surface area (Å²) in [5.74, 6) is 1.80. The number of imidazole rings is 1. The van der Waals surface area contributed by atoms with E-state index in [9.17, 15) is 4.79 Å². The number of fused-ring (bicyclic) bond motifs is 1. The van der Waals surface area contributed by atoms with Gasteiger partial charge in [0.15, 0.2) is 0 Å². The van der Waals surface area contributed by atoms with Crippen molar-refractivity contribution in [2.45, 2.75) is 57.7 Å². The number of hydrogen-bond acceptors (Lipinski definition) is 5. The van der Waals surface area contributed by atoms with E-state index in [2.05, 4.69) is 25.2 Å². The number of amides is 1. The molecule has 0 atom stereocenters. The fraction of sp³-hybridized carbons (Fsp3) is 0.550. The van der Waals surface area contributed by atoms with Crippen molar-refractivity contribution in [1.29, 1.82) is 0 Å². The molecule has 1 saturated carbocycles. The predicted octanol–water partition coefficient (Wildman–Crippen LogP) is 1.85. The maximum Gasteiger partial charge on any atom is 0.271 e. The summed E-state index contributed by atoms with van der Waals surface area (Å²) in [6, 6.07) is 4.06. The lowest BCUT2D eigenvalue weighted by molar-refractivity contribution is 0.0888. The highest BCUT2D eigenvalue weighted by atomic mass is 16.5. The van der Waals surface area contributed by atoms with E-state index in [4.69, 9.17) is 4.74 Å². The van der Waals surface area contributed by atoms with Gasteiger partial charge in [-0.05, 0) is 44.7 Å². The molecule has 0 saturated heterocycles. The van der Waals surface area contributed by atoms with Gasteiger partial charge >= 0.3 is 0 Å². The zero-order valence-corrected chi connectivity index (χ0v) is 15.8. The van der Waals surface area contributed by atoms with Gasteiger partial charge in [-0.3, -0.25) is 9.78 Å². The van der Waals surface area contributed by atoms with Crippen molar-refractivity contribution in [3.8, 4) is 5.75 Å². The second-order valence-electron chi connectivity index (χ2n) is 7.39. The Morgan fingerprint density at radius 3 is 2.96 bits per heavy atom. The Morgan fingerprint density at radius 1 is 1.30 bits per heavy atom. The molecule has 0 radical (unpaired) electrons. The van der Waals surface area contributed by atoms with E-state index >= 15 is 0 Å². The van der Waals surface area contributed by atoms with Crippen LogP contribution in [0.4, 0.5) is 0 Å². The van der Waals surface area contributed by atoms with Crippen molar-refractivity contribution < 1.29 is 9.53 Å². The minimum atomic E-state index is -0.0593. The summed E-state index contributed by atoms with van der Waals surface area (Å²) in [6.07, 6.45) is 8.44. The van der Waals surface area contributed by atoms with Gasteiger partial charge < -0.3 is 19.9 Å². The van der Waals surface area contributed by atoms with Gasteiger partial charge in [-0.1, -0.05) is 0 Å². The minimum absolute atomic E-state index is 0.0593. The number of hydrogen-bond donors (Lipinski definition) is 2. The fourth-order valence-electron chi connectivity index (χ4n) is 3.84. The van der Waals surface area contributed by atoms with Gasteiger partial charge in [-0.2, -0.15) is 0 Å². The molecule has 2 aromatic heterocycles. The van der Waals surface area contributed by atoms with Crippen molar-refractivity contribution in [1.82, 2.24) is 25.2 Å². The molecule has 7 nitrogen and oxygen atoms in total. The van der Waals surface area contributed by atoms with Crippen LogP contribution in [0.2, 0.25) is 0 Å². The zero-order chi connectivity index (χ0) is 18.6. The Hall–Kier alpha value is -2.41. The van der Waals surface area contributed by atoms with Crippen LogP contribution in [0.15, 0.2) is 24.5 Å². The van der Waals surface area contributed by atoms with Crippen LogP contribution in [0.1, 0.15) is 47.7 Å². The summed E-state index contributed by atoms with van der Waals surface area (Å²) in [7, 11) is 0. The third-order valence-corrected chi connectivity index (χ3v) is 5.41. The topological polar surface area (TPSA) is 81.1 Å². The first kappa shape index (κ1) is 18.0. The van der Waals surface area contributed by atoms with Gasteiger partial charge in [0.25, 0.3) is 5.91 Å². The summed E-state index contributed by atoms with van der Waals surface area (Å²) in [4.78, 5) is 21.4. The molecule has 2 aliphatic rings. The summed E-state index contributed by atoms with van der Waals surface area (Å²) in [5.41, 5.74) is 1.46. The molecule has 1 amide bonds. The molecule has 0 unspecified atom stereocenters. The number of carbonyl (C=O) groups excluding carboxylic acids is 1. The Labute approximate surface area is 159 Å². The summed E-state index contributed by atoms with van der Waals surface area (Å²) in [5, 5.41) is 6.50. The van der Waals surface area contributed by atoms with E-state index in [1.807, 2.05) is 25.3 Å². The maximum absolute atomic E-state index is 12.6. The van der Waals surface area contributed by atoms with Crippen molar-refractivity contribution in [3.63, 3.8) is 0 Å². The molecule has 0 bridgehead atoms. The number of ether oxygens (including phenoxy) is 1. The first-order chi connectivity index (χ1) is 13.2. The number of aromatic nitrogens is 3. The summed E-state index contributed by atoms with van der Waals surface area (Å²) < 4.78 is 8.19. The van der Waals surface area contributed by atoms with Crippen LogP contribution in [-0.4, -0.2) is 45.7 Å². The zero-order valence-electron chi connectivity index (χ0n) is 15.8. The number of nitrogens with one attached hydrogen (secondary N) is 2. The lowest BCUT2D eigenvalue weighted by atomic mass is 9.93. The predicted molar refractivity (Wildman–Crippen MR) is 102 cm³/mol. The van der Waals surface area contributed by atoms with Crippen LogP contribution in [0.5, 0.6) is 5.75 Å². The average molecular weight is 369 g/mol. The standard InChI is InChI=1S/C20H27N5O2/c1-14-18(3-2-9-22-14)27-16-6-4-15(5-7-16)23-20(26)17-13-25-12-11-21-10-8-19(25)24-17/h2-3,9,13,15-16,21H,4-8,10-12H2,1H3,(H,23,26). The Balaban J connectivity index is 1.29. The molecule has 2 N–H and O–H groups in total. The SMILES string of the molecule is Cc1ncccc1OC1CCC(NC(=O)c2cn3c(n2)CCNCC3)CC1. The van der Waals surface area contributed by atoms with Gasteiger partial charge in [0.05, 0.1) is 11.8 Å². The molecule has 0 aromatic carbocycles. The Bertz CT molecular complexity index is 772. The summed E-state index contributed by atoms with van der Waals surface area (Å²) in [6.45, 7) is 4.67. The molecular weight excluding hydrogens is 342 g/mol. The van der Waals surface area contributed by atoms with Crippen molar-refractivity contribution in [3.05, 3.63) is 41.7 Å². The van der Waals surface area contributed by atoms with E-state index in [1.54, 1.807) is 6.20 Å². The van der Waals surface area contributed by atoms with Crippen molar-refractivity contribution >= 4 is 5.91 Å². The number of carbonyl (C=O) groups is 1. The van der Waals surface area contributed by atoms with Crippen LogP contribution in [-0.2, 0) is 13.0 Å². The lowest BCUT2D eigenvalue weighted by Gasteiger charge is -2.29. The van der Waals surface area contributed by atoms with E-state index in [1.165, 1.54) is 0 Å². The average Bonchev–Trinajstić information content (AvgIpc) is 2.96. The lowest BCUT2D eigenvalue weighted by Crippen LogP contribution is -2.39. The van der Waals surface area contributed by atoms with Crippen LogP contribution in [0.25, 0.3) is 0 Å². The second kappa shape index (κ2) is 8.08. The van der Waals surface area contributed by atoms with Gasteiger partial charge in [-0.25, -0.2) is 4.98 Å². The second-order valence-corrected chi connectivity index (χ2v) is 7.39. The van der Waals surface area contributed by atoms with E-state index in [-0.39, 0.29) is 18.1 Å². The van der Waals surface area contributed by atoms with Crippen molar-refractivity contribution in [2.24, 2.45) is 0 Å². The van der Waals surface area contributed by atoms with E-state index in [0.717, 1.165) is 69.0 Å². The minimum Gasteiger partial charge on any atom is -0.489 e. The van der Waals surface area contributed by atoms with E-state index in [0.29, 0.717) is 5.69 Å². The Morgan fingerprint density at radius 2 is 2.15 bits per heavy atom. The highest BCUT2D eigenvalue weighted by Crippen LogP contribution is 2.25. The first-order valence-corrected chi connectivity index (χ1v) is 9.85. The van der Waals surface area contributed by atoms with Gasteiger partial charge in [0.1, 0.15) is 17.3 Å². The highest BCUT2D eigenvalue weighted by molar-refractivity contribution is 5.92. The van der Waals surface area contributed by atoms with Gasteiger partial charge in [-0.15, -0.1) is 0 Å². The molecule has 144 valence electrons. The third kappa shape index (κ3) is 4.30. The van der Waals surface area contributed by atoms with Gasteiger partial charge in [0.2, 0.25) is 0 Å². The number of nitrogens with zero attached hydrogens (tertiary/aromatic N) is 3. The van der Waals surface area contributed by atoms with Gasteiger partial charge in [0, 0.05) is 44.5 Å². The smallest absolute Gasteiger partial charge is 0.271 e. The molecule has 1 aliphatic carbocycles. The van der Waals surface area contributed by atoms with Crippen LogP contribution in [0.3, 0.4) is 0 Å². The molecule has 27 heavy (non-hydrogen) atoms. The normalized spacial score (nSPS) is 22.6. The van der Waals surface area contributed by atoms with Crippen LogP contribution >= 0.6 is 0 Å².